The van der Waals surface area contributed by atoms with Crippen LogP contribution in [-0.4, -0.2) is 50.3 Å². The maximum absolute atomic E-state index is 5.40. The Morgan fingerprint density at radius 2 is 2.06 bits per heavy atom. The van der Waals surface area contributed by atoms with E-state index in [2.05, 4.69) is 17.3 Å². The first-order valence-corrected chi connectivity index (χ1v) is 6.87. The highest BCUT2D eigenvalue weighted by atomic mass is 16.5. The fraction of sp³-hybridized carbons (Fsp3) is 1.00. The van der Waals surface area contributed by atoms with Gasteiger partial charge in [-0.25, -0.2) is 0 Å². The molecule has 1 unspecified atom stereocenters. The van der Waals surface area contributed by atoms with Crippen LogP contribution in [-0.2, 0) is 4.74 Å². The maximum Gasteiger partial charge on any atom is 0.0480 e. The average molecular weight is 226 g/mol. The van der Waals surface area contributed by atoms with Crippen LogP contribution in [0.3, 0.4) is 0 Å². The maximum atomic E-state index is 5.40. The van der Waals surface area contributed by atoms with Gasteiger partial charge in [-0.15, -0.1) is 0 Å². The molecular weight excluding hydrogens is 200 g/mol. The second kappa shape index (κ2) is 6.58. The lowest BCUT2D eigenvalue weighted by Gasteiger charge is -2.31. The second-order valence-electron chi connectivity index (χ2n) is 5.26. The molecule has 0 aliphatic carbocycles. The van der Waals surface area contributed by atoms with E-state index >= 15 is 0 Å². The van der Waals surface area contributed by atoms with Crippen LogP contribution < -0.4 is 5.32 Å². The number of nitrogens with zero attached hydrogens (tertiary/aromatic N) is 1. The Hall–Kier alpha value is -0.120. The van der Waals surface area contributed by atoms with Gasteiger partial charge in [-0.1, -0.05) is 0 Å². The summed E-state index contributed by atoms with van der Waals surface area (Å²) in [5, 5.41) is 3.57. The normalized spacial score (nSPS) is 27.8. The molecule has 0 saturated carbocycles. The standard InChI is InChI=1S/C13H26N2O/c1-15(13-6-10-16-11-7-13)9-3-5-12-4-2-8-14-12/h12-14H,2-11H2,1H3. The van der Waals surface area contributed by atoms with E-state index in [1.807, 2.05) is 0 Å². The summed E-state index contributed by atoms with van der Waals surface area (Å²) in [6, 6.07) is 1.58. The molecule has 2 fully saturated rings. The topological polar surface area (TPSA) is 24.5 Å². The van der Waals surface area contributed by atoms with Gasteiger partial charge >= 0.3 is 0 Å². The lowest BCUT2D eigenvalue weighted by atomic mass is 10.1. The van der Waals surface area contributed by atoms with Gasteiger partial charge in [0.15, 0.2) is 0 Å². The van der Waals surface area contributed by atoms with E-state index in [1.165, 1.54) is 51.6 Å². The molecule has 0 spiro atoms. The molecule has 2 aliphatic heterocycles. The van der Waals surface area contributed by atoms with Gasteiger partial charge in [-0.05, 0) is 58.7 Å². The first kappa shape index (κ1) is 12.3. The molecule has 2 heterocycles. The number of ether oxygens (including phenoxy) is 1. The van der Waals surface area contributed by atoms with Crippen molar-refractivity contribution in [3.63, 3.8) is 0 Å². The van der Waals surface area contributed by atoms with Crippen molar-refractivity contribution >= 4 is 0 Å². The third kappa shape index (κ3) is 3.72. The van der Waals surface area contributed by atoms with Crippen molar-refractivity contribution in [1.82, 2.24) is 10.2 Å². The molecule has 1 N–H and O–H groups in total. The zero-order valence-corrected chi connectivity index (χ0v) is 10.6. The molecule has 2 aliphatic rings. The largest absolute Gasteiger partial charge is 0.381 e. The van der Waals surface area contributed by atoms with Crippen molar-refractivity contribution in [3.05, 3.63) is 0 Å². The van der Waals surface area contributed by atoms with E-state index in [-0.39, 0.29) is 0 Å². The van der Waals surface area contributed by atoms with E-state index in [0.717, 1.165) is 25.3 Å². The van der Waals surface area contributed by atoms with Crippen LogP contribution in [0.2, 0.25) is 0 Å². The number of hydrogen-bond acceptors (Lipinski definition) is 3. The quantitative estimate of drug-likeness (QED) is 0.771. The first-order valence-electron chi connectivity index (χ1n) is 6.87. The highest BCUT2D eigenvalue weighted by molar-refractivity contribution is 4.76. The fourth-order valence-electron chi connectivity index (χ4n) is 2.90. The minimum Gasteiger partial charge on any atom is -0.381 e. The smallest absolute Gasteiger partial charge is 0.0480 e. The van der Waals surface area contributed by atoms with Crippen LogP contribution in [0.15, 0.2) is 0 Å². The molecule has 2 saturated heterocycles. The molecule has 1 atom stereocenters. The molecule has 0 aromatic heterocycles. The van der Waals surface area contributed by atoms with Crippen LogP contribution in [0.25, 0.3) is 0 Å². The summed E-state index contributed by atoms with van der Waals surface area (Å²) in [6.45, 7) is 4.40. The van der Waals surface area contributed by atoms with Crippen LogP contribution in [0.5, 0.6) is 0 Å². The average Bonchev–Trinajstić information content (AvgIpc) is 2.83. The van der Waals surface area contributed by atoms with E-state index in [4.69, 9.17) is 4.74 Å². The molecule has 94 valence electrons. The van der Waals surface area contributed by atoms with Gasteiger partial charge in [0.05, 0.1) is 0 Å². The van der Waals surface area contributed by atoms with Gasteiger partial charge in [0.1, 0.15) is 0 Å². The Morgan fingerprint density at radius 3 is 2.75 bits per heavy atom. The van der Waals surface area contributed by atoms with Crippen LogP contribution in [0, 0.1) is 0 Å². The summed E-state index contributed by atoms with van der Waals surface area (Å²) in [7, 11) is 2.28. The zero-order valence-electron chi connectivity index (χ0n) is 10.6. The molecular formula is C13H26N2O. The zero-order chi connectivity index (χ0) is 11.2. The van der Waals surface area contributed by atoms with Crippen molar-refractivity contribution in [2.45, 2.75) is 50.6 Å². The Morgan fingerprint density at radius 1 is 1.25 bits per heavy atom. The van der Waals surface area contributed by atoms with Crippen LogP contribution in [0.1, 0.15) is 38.5 Å². The van der Waals surface area contributed by atoms with Crippen molar-refractivity contribution in [1.29, 1.82) is 0 Å². The van der Waals surface area contributed by atoms with Crippen molar-refractivity contribution in [2.24, 2.45) is 0 Å². The predicted octanol–water partition coefficient (Wildman–Crippen LogP) is 1.63. The Labute approximate surface area is 99.5 Å². The van der Waals surface area contributed by atoms with Crippen molar-refractivity contribution in [2.75, 3.05) is 33.4 Å². The minimum absolute atomic E-state index is 0.769. The lowest BCUT2D eigenvalue weighted by Crippen LogP contribution is -2.37. The molecule has 0 amide bonds. The molecule has 0 radical (unpaired) electrons. The van der Waals surface area contributed by atoms with Gasteiger partial charge in [0.2, 0.25) is 0 Å². The summed E-state index contributed by atoms with van der Waals surface area (Å²) in [5.74, 6) is 0. The monoisotopic (exact) mass is 226 g/mol. The second-order valence-corrected chi connectivity index (χ2v) is 5.26. The number of hydrogen-bond donors (Lipinski definition) is 1. The molecule has 3 nitrogen and oxygen atoms in total. The SMILES string of the molecule is CN(CCCC1CCCN1)C1CCOCC1. The van der Waals surface area contributed by atoms with E-state index in [0.29, 0.717) is 0 Å². The van der Waals surface area contributed by atoms with Crippen molar-refractivity contribution < 1.29 is 4.74 Å². The summed E-state index contributed by atoms with van der Waals surface area (Å²) in [5.41, 5.74) is 0. The molecule has 0 aromatic rings. The summed E-state index contributed by atoms with van der Waals surface area (Å²) < 4.78 is 5.40. The molecule has 0 bridgehead atoms. The van der Waals surface area contributed by atoms with Gasteiger partial charge < -0.3 is 15.0 Å². The van der Waals surface area contributed by atoms with Crippen molar-refractivity contribution in [3.8, 4) is 0 Å². The minimum atomic E-state index is 0.769. The van der Waals surface area contributed by atoms with Gasteiger partial charge in [0, 0.05) is 25.3 Å². The third-order valence-electron chi connectivity index (χ3n) is 4.04. The molecule has 16 heavy (non-hydrogen) atoms. The van der Waals surface area contributed by atoms with E-state index in [1.54, 1.807) is 0 Å². The highest BCUT2D eigenvalue weighted by Crippen LogP contribution is 2.15. The summed E-state index contributed by atoms with van der Waals surface area (Å²) >= 11 is 0. The third-order valence-corrected chi connectivity index (χ3v) is 4.04. The lowest BCUT2D eigenvalue weighted by molar-refractivity contribution is 0.0424. The molecule has 2 rings (SSSR count). The Balaban J connectivity index is 1.57. The van der Waals surface area contributed by atoms with E-state index < -0.39 is 0 Å². The predicted molar refractivity (Wildman–Crippen MR) is 66.7 cm³/mol. The highest BCUT2D eigenvalue weighted by Gasteiger charge is 2.19. The summed E-state index contributed by atoms with van der Waals surface area (Å²) in [6.07, 6.45) is 7.90. The number of nitrogens with one attached hydrogen (secondary N) is 1. The fourth-order valence-corrected chi connectivity index (χ4v) is 2.90. The molecule has 0 aromatic carbocycles. The van der Waals surface area contributed by atoms with E-state index in [9.17, 15) is 0 Å². The van der Waals surface area contributed by atoms with Crippen LogP contribution in [0.4, 0.5) is 0 Å². The number of rotatable bonds is 5. The summed E-state index contributed by atoms with van der Waals surface area (Å²) in [4.78, 5) is 2.54. The van der Waals surface area contributed by atoms with Gasteiger partial charge in [-0.3, -0.25) is 0 Å². The van der Waals surface area contributed by atoms with Crippen LogP contribution >= 0.6 is 0 Å². The Kier molecular flexibility index (Phi) is 5.07. The van der Waals surface area contributed by atoms with Gasteiger partial charge in [-0.2, -0.15) is 0 Å². The molecule has 3 heteroatoms. The Bertz CT molecular complexity index is 186. The van der Waals surface area contributed by atoms with Gasteiger partial charge in [0.25, 0.3) is 0 Å². The first-order chi connectivity index (χ1) is 7.86.